The van der Waals surface area contributed by atoms with Crippen LogP contribution in [0.15, 0.2) is 96.0 Å². The highest BCUT2D eigenvalue weighted by Crippen LogP contribution is 2.39. The van der Waals surface area contributed by atoms with Crippen molar-refractivity contribution in [2.75, 3.05) is 13.9 Å². The van der Waals surface area contributed by atoms with Gasteiger partial charge < -0.3 is 23.5 Å². The van der Waals surface area contributed by atoms with E-state index >= 15 is 0 Å². The van der Waals surface area contributed by atoms with Gasteiger partial charge in [0.25, 0.3) is 10.0 Å². The minimum Gasteiger partial charge on any atom is -0.495 e. The quantitative estimate of drug-likeness (QED) is 0.221. The molecule has 6 rings (SSSR count). The average Bonchev–Trinajstić information content (AvgIpc) is 3.63. The van der Waals surface area contributed by atoms with Crippen molar-refractivity contribution in [1.29, 1.82) is 0 Å². The van der Waals surface area contributed by atoms with Crippen molar-refractivity contribution < 1.29 is 37.0 Å². The van der Waals surface area contributed by atoms with Gasteiger partial charge in [-0.2, -0.15) is 0 Å². The minimum atomic E-state index is -4.33. The van der Waals surface area contributed by atoms with Crippen LogP contribution in [-0.2, 0) is 33.2 Å². The Morgan fingerprint density at radius 1 is 0.956 bits per heavy atom. The summed E-state index contributed by atoms with van der Waals surface area (Å²) in [6.07, 6.45) is 1.75. The maximum absolute atomic E-state index is 14.1. The van der Waals surface area contributed by atoms with E-state index in [1.54, 1.807) is 66.3 Å². The maximum Gasteiger partial charge on any atom is 0.338 e. The van der Waals surface area contributed by atoms with Crippen molar-refractivity contribution in [1.82, 2.24) is 9.29 Å². The first-order valence-electron chi connectivity index (χ1n) is 14.1. The van der Waals surface area contributed by atoms with E-state index in [9.17, 15) is 18.0 Å². The molecule has 45 heavy (non-hydrogen) atoms. The van der Waals surface area contributed by atoms with Crippen LogP contribution in [-0.4, -0.2) is 38.8 Å². The van der Waals surface area contributed by atoms with E-state index in [0.717, 1.165) is 11.1 Å². The SMILES string of the molecule is COc1cc(C)ccc1S(=O)(=O)NC(=O)[C@@H](c1ccc2c(c1)OCO2)c1cn(C)c2cc(C(=O)OCc3ccccc3)ccc12. The molecule has 1 atom stereocenters. The van der Waals surface area contributed by atoms with Crippen LogP contribution in [0.2, 0.25) is 0 Å². The molecule has 0 saturated heterocycles. The van der Waals surface area contributed by atoms with Gasteiger partial charge in [0.2, 0.25) is 12.7 Å². The number of carbonyl (C=O) groups excluding carboxylic acids is 2. The highest BCUT2D eigenvalue weighted by molar-refractivity contribution is 7.90. The molecular weight excluding hydrogens is 596 g/mol. The summed E-state index contributed by atoms with van der Waals surface area (Å²) in [7, 11) is -1.18. The fourth-order valence-corrected chi connectivity index (χ4v) is 6.53. The van der Waals surface area contributed by atoms with Crippen molar-refractivity contribution in [2.24, 2.45) is 7.05 Å². The number of sulfonamides is 1. The molecule has 1 aromatic heterocycles. The number of ether oxygens (including phenoxy) is 4. The Labute approximate surface area is 260 Å². The Morgan fingerprint density at radius 2 is 1.73 bits per heavy atom. The lowest BCUT2D eigenvalue weighted by atomic mass is 9.90. The highest BCUT2D eigenvalue weighted by Gasteiger charge is 2.32. The van der Waals surface area contributed by atoms with E-state index in [0.29, 0.717) is 39.1 Å². The Bertz CT molecular complexity index is 2040. The summed E-state index contributed by atoms with van der Waals surface area (Å²) >= 11 is 0. The zero-order chi connectivity index (χ0) is 31.7. The van der Waals surface area contributed by atoms with Crippen LogP contribution in [0.5, 0.6) is 17.2 Å². The Morgan fingerprint density at radius 3 is 2.51 bits per heavy atom. The number of aromatic nitrogens is 1. The summed E-state index contributed by atoms with van der Waals surface area (Å²) in [5.41, 5.74) is 3.67. The van der Waals surface area contributed by atoms with E-state index < -0.39 is 27.8 Å². The van der Waals surface area contributed by atoms with E-state index in [2.05, 4.69) is 4.72 Å². The number of methoxy groups -OCH3 is 1. The number of amides is 1. The molecule has 0 unspecified atom stereocenters. The summed E-state index contributed by atoms with van der Waals surface area (Å²) in [4.78, 5) is 26.8. The third kappa shape index (κ3) is 5.94. The van der Waals surface area contributed by atoms with Gasteiger partial charge in [0.15, 0.2) is 11.5 Å². The van der Waals surface area contributed by atoms with Gasteiger partial charge >= 0.3 is 5.97 Å². The molecule has 1 aliphatic rings. The van der Waals surface area contributed by atoms with Crippen LogP contribution in [0, 0.1) is 6.92 Å². The number of nitrogens with zero attached hydrogens (tertiary/aromatic N) is 1. The molecule has 1 N–H and O–H groups in total. The fraction of sp³-hybridized carbons (Fsp3) is 0.176. The average molecular weight is 627 g/mol. The second-order valence-corrected chi connectivity index (χ2v) is 12.3. The van der Waals surface area contributed by atoms with Crippen LogP contribution < -0.4 is 18.9 Å². The Balaban J connectivity index is 1.37. The number of benzene rings is 4. The van der Waals surface area contributed by atoms with Gasteiger partial charge in [-0.1, -0.05) is 48.5 Å². The molecule has 0 saturated carbocycles. The molecule has 10 nitrogen and oxygen atoms in total. The Kier molecular flexibility index (Phi) is 7.94. The van der Waals surface area contributed by atoms with Gasteiger partial charge in [0.05, 0.1) is 18.6 Å². The second-order valence-electron chi connectivity index (χ2n) is 10.7. The smallest absolute Gasteiger partial charge is 0.338 e. The predicted octanol–water partition coefficient (Wildman–Crippen LogP) is 5.22. The van der Waals surface area contributed by atoms with Gasteiger partial charge in [-0.05, 0) is 65.6 Å². The summed E-state index contributed by atoms with van der Waals surface area (Å²) in [6, 6.07) is 24.1. The molecular formula is C34H30N2O8S. The van der Waals surface area contributed by atoms with Gasteiger partial charge in [-0.15, -0.1) is 0 Å². The third-order valence-electron chi connectivity index (χ3n) is 7.62. The van der Waals surface area contributed by atoms with Crippen molar-refractivity contribution >= 4 is 32.8 Å². The molecule has 0 radical (unpaired) electrons. The predicted molar refractivity (Wildman–Crippen MR) is 166 cm³/mol. The monoisotopic (exact) mass is 626 g/mol. The largest absolute Gasteiger partial charge is 0.495 e. The van der Waals surface area contributed by atoms with Gasteiger partial charge in [0.1, 0.15) is 17.3 Å². The summed E-state index contributed by atoms with van der Waals surface area (Å²) in [6.45, 7) is 1.97. The van der Waals surface area contributed by atoms with E-state index in [1.165, 1.54) is 13.2 Å². The lowest BCUT2D eigenvalue weighted by Gasteiger charge is -2.19. The van der Waals surface area contributed by atoms with Crippen molar-refractivity contribution in [2.45, 2.75) is 24.3 Å². The van der Waals surface area contributed by atoms with Crippen LogP contribution >= 0.6 is 0 Å². The van der Waals surface area contributed by atoms with Gasteiger partial charge in [0, 0.05) is 24.1 Å². The van der Waals surface area contributed by atoms with Gasteiger partial charge in [-0.3, -0.25) is 4.79 Å². The molecule has 0 fully saturated rings. The number of nitrogens with one attached hydrogen (secondary N) is 1. The molecule has 230 valence electrons. The third-order valence-corrected chi connectivity index (χ3v) is 9.00. The molecule has 0 spiro atoms. The fourth-order valence-electron chi connectivity index (χ4n) is 5.39. The molecule has 1 aliphatic heterocycles. The van der Waals surface area contributed by atoms with Gasteiger partial charge in [-0.25, -0.2) is 17.9 Å². The minimum absolute atomic E-state index is 0.0364. The Hall–Kier alpha value is -5.29. The number of carbonyl (C=O) groups is 2. The lowest BCUT2D eigenvalue weighted by Crippen LogP contribution is -2.35. The summed E-state index contributed by atoms with van der Waals surface area (Å²) < 4.78 is 52.9. The molecule has 1 amide bonds. The topological polar surface area (TPSA) is 122 Å². The zero-order valence-corrected chi connectivity index (χ0v) is 25.6. The maximum atomic E-state index is 14.1. The zero-order valence-electron chi connectivity index (χ0n) is 24.8. The van der Waals surface area contributed by atoms with E-state index in [4.69, 9.17) is 18.9 Å². The van der Waals surface area contributed by atoms with Crippen molar-refractivity contribution in [3.8, 4) is 17.2 Å². The highest BCUT2D eigenvalue weighted by atomic mass is 32.2. The number of aryl methyl sites for hydroxylation is 2. The first kappa shape index (κ1) is 29.8. The molecule has 0 aliphatic carbocycles. The standard InChI is InChI=1S/C34H30N2O8S/c1-21-9-14-31(30(15-21)41-3)45(39,40)35-33(37)32(23-11-13-28-29(17-23)44-20-43-28)26-18-36(2)27-16-24(10-12-25(26)27)34(38)42-19-22-7-5-4-6-8-22/h4-18,32H,19-20H2,1-3H3,(H,35,37)/t32-/m0/s1. The molecule has 2 heterocycles. The summed E-state index contributed by atoms with van der Waals surface area (Å²) in [5.74, 6) is -1.28. The van der Waals surface area contributed by atoms with Crippen molar-refractivity contribution in [3.05, 3.63) is 119 Å². The number of rotatable bonds is 9. The number of esters is 1. The second kappa shape index (κ2) is 12.0. The lowest BCUT2D eigenvalue weighted by molar-refractivity contribution is -0.119. The molecule has 11 heteroatoms. The first-order valence-corrected chi connectivity index (χ1v) is 15.5. The van der Waals surface area contributed by atoms with E-state index in [-0.39, 0.29) is 24.0 Å². The number of hydrogen-bond acceptors (Lipinski definition) is 8. The molecule has 0 bridgehead atoms. The number of hydrogen-bond donors (Lipinski definition) is 1. The van der Waals surface area contributed by atoms with Crippen LogP contribution in [0.4, 0.5) is 0 Å². The first-order chi connectivity index (χ1) is 21.6. The summed E-state index contributed by atoms with van der Waals surface area (Å²) in [5, 5.41) is 0.653. The van der Waals surface area contributed by atoms with Crippen LogP contribution in [0.3, 0.4) is 0 Å². The van der Waals surface area contributed by atoms with Crippen LogP contribution in [0.1, 0.15) is 38.5 Å². The van der Waals surface area contributed by atoms with E-state index in [1.807, 2.05) is 37.3 Å². The van der Waals surface area contributed by atoms with Crippen LogP contribution in [0.25, 0.3) is 10.9 Å². The molecule has 5 aromatic rings. The normalized spacial score (nSPS) is 13.0. The molecule has 4 aromatic carbocycles. The number of fused-ring (bicyclic) bond motifs is 2. The van der Waals surface area contributed by atoms with Crippen molar-refractivity contribution in [3.63, 3.8) is 0 Å².